The van der Waals surface area contributed by atoms with E-state index in [1.54, 1.807) is 0 Å². The van der Waals surface area contributed by atoms with E-state index in [1.165, 1.54) is 94.8 Å². The van der Waals surface area contributed by atoms with Crippen LogP contribution in [0.1, 0.15) is 120 Å². The molecule has 0 bridgehead atoms. The fourth-order valence-corrected chi connectivity index (χ4v) is 10.0. The lowest BCUT2D eigenvalue weighted by Crippen LogP contribution is -2.44. The smallest absolute Gasteiger partial charge is 0.234 e. The number of primary amides is 1. The molecule has 0 saturated heterocycles. The molecule has 5 aliphatic rings. The molecule has 0 aliphatic heterocycles. The minimum absolute atomic E-state index is 0.253. The number of nitrogens with zero attached hydrogens (tertiary/aromatic N) is 1. The molecule has 0 heterocycles. The number of carbonyl (C=O) groups is 1. The Bertz CT molecular complexity index is 1150. The van der Waals surface area contributed by atoms with Gasteiger partial charge in [0.25, 0.3) is 0 Å². The Labute approximate surface area is 278 Å². The van der Waals surface area contributed by atoms with Crippen LogP contribution < -0.4 is 16.8 Å². The Morgan fingerprint density at radius 2 is 1.41 bits per heavy atom. The number of nitrogens with one attached hydrogen (secondary N) is 1. The Morgan fingerprint density at radius 1 is 0.783 bits per heavy atom. The highest BCUT2D eigenvalue weighted by molar-refractivity contribution is 5.79. The first-order valence-corrected chi connectivity index (χ1v) is 19.0. The van der Waals surface area contributed by atoms with Crippen molar-refractivity contribution >= 4 is 5.91 Å². The van der Waals surface area contributed by atoms with Crippen LogP contribution in [0.3, 0.4) is 0 Å². The lowest BCUT2D eigenvalue weighted by molar-refractivity contribution is -0.120. The summed E-state index contributed by atoms with van der Waals surface area (Å²) in [6.45, 7) is 5.67. The van der Waals surface area contributed by atoms with Gasteiger partial charge in [-0.1, -0.05) is 24.3 Å². The van der Waals surface area contributed by atoms with E-state index >= 15 is 0 Å². The number of aryl methyl sites for hydroxylation is 2. The van der Waals surface area contributed by atoms with Crippen LogP contribution in [-0.2, 0) is 17.6 Å². The minimum Gasteiger partial charge on any atom is -0.396 e. The number of hydrogen-bond donors (Lipinski definition) is 5. The number of benzene rings is 1. The van der Waals surface area contributed by atoms with Crippen molar-refractivity contribution in [3.05, 3.63) is 35.4 Å². The Balaban J connectivity index is 1.03. The lowest BCUT2D eigenvalue weighted by atomic mass is 9.71. The average Bonchev–Trinajstić information content (AvgIpc) is 3.83. The molecule has 1 aromatic carbocycles. The van der Waals surface area contributed by atoms with Gasteiger partial charge in [0.2, 0.25) is 5.91 Å². The minimum atomic E-state index is -0.307. The second kappa shape index (κ2) is 14.2. The standard InChI is InChI=1S/C39H64N4O3/c40-23-2-1-4-31-5-7-32(8-6-31)9-10-33(34(41)46)42-24-3-25-43(29-36(13-14-36)28-35(11-12-35)21-26-44)30-38(17-18-38)39(19-20-39)37(15-16-37)22-27-45/h5-8,33,42,44-45H,1-4,9-30,40H2,(H2,41,46). The summed E-state index contributed by atoms with van der Waals surface area (Å²) >= 11 is 0. The van der Waals surface area contributed by atoms with Gasteiger partial charge < -0.3 is 31.9 Å². The number of amides is 1. The maximum atomic E-state index is 12.4. The van der Waals surface area contributed by atoms with Gasteiger partial charge in [-0.3, -0.25) is 4.79 Å². The monoisotopic (exact) mass is 636 g/mol. The van der Waals surface area contributed by atoms with Crippen molar-refractivity contribution in [2.24, 2.45) is 38.5 Å². The summed E-state index contributed by atoms with van der Waals surface area (Å²) in [6, 6.07) is 8.50. The first-order valence-electron chi connectivity index (χ1n) is 19.0. The van der Waals surface area contributed by atoms with Gasteiger partial charge in [-0.05, 0) is 180 Å². The highest BCUT2D eigenvalue weighted by atomic mass is 16.3. The maximum Gasteiger partial charge on any atom is 0.234 e. The van der Waals surface area contributed by atoms with E-state index in [0.717, 1.165) is 71.0 Å². The van der Waals surface area contributed by atoms with Crippen molar-refractivity contribution in [1.82, 2.24) is 10.2 Å². The number of rotatable bonds is 25. The van der Waals surface area contributed by atoms with Crippen molar-refractivity contribution in [2.45, 2.75) is 128 Å². The van der Waals surface area contributed by atoms with Crippen LogP contribution in [-0.4, -0.2) is 73.0 Å². The van der Waals surface area contributed by atoms with E-state index in [-0.39, 0.29) is 11.9 Å². The van der Waals surface area contributed by atoms with Crippen LogP contribution in [0.2, 0.25) is 0 Å². The van der Waals surface area contributed by atoms with Crippen LogP contribution >= 0.6 is 0 Å². The van der Waals surface area contributed by atoms with E-state index < -0.39 is 0 Å². The molecule has 7 heteroatoms. The Hall–Kier alpha value is -1.51. The molecular weight excluding hydrogens is 572 g/mol. The fraction of sp³-hybridized carbons (Fsp3) is 0.821. The van der Waals surface area contributed by atoms with Crippen molar-refractivity contribution in [3.63, 3.8) is 0 Å². The summed E-state index contributed by atoms with van der Waals surface area (Å²) in [4.78, 5) is 15.2. The van der Waals surface area contributed by atoms with Crippen molar-refractivity contribution in [3.8, 4) is 0 Å². The summed E-state index contributed by atoms with van der Waals surface area (Å²) in [5.41, 5.74) is 16.3. The topological polar surface area (TPSA) is 125 Å². The predicted octanol–water partition coefficient (Wildman–Crippen LogP) is 5.09. The molecule has 258 valence electrons. The van der Waals surface area contributed by atoms with Crippen LogP contribution in [0.15, 0.2) is 24.3 Å². The molecule has 6 rings (SSSR count). The summed E-state index contributed by atoms with van der Waals surface area (Å²) in [6.07, 6.45) is 22.4. The zero-order valence-corrected chi connectivity index (χ0v) is 28.7. The van der Waals surface area contributed by atoms with Crippen molar-refractivity contribution in [2.75, 3.05) is 45.9 Å². The average molecular weight is 637 g/mol. The molecule has 5 aliphatic carbocycles. The third-order valence-electron chi connectivity index (χ3n) is 13.5. The number of nitrogens with two attached hydrogens (primary N) is 2. The molecule has 7 nitrogen and oxygen atoms in total. The van der Waals surface area contributed by atoms with Crippen LogP contribution in [0.5, 0.6) is 0 Å². The molecule has 1 atom stereocenters. The zero-order valence-electron chi connectivity index (χ0n) is 28.7. The highest BCUT2D eigenvalue weighted by Crippen LogP contribution is 2.83. The van der Waals surface area contributed by atoms with Gasteiger partial charge in [-0.25, -0.2) is 0 Å². The van der Waals surface area contributed by atoms with Gasteiger partial charge in [-0.2, -0.15) is 0 Å². The summed E-state index contributed by atoms with van der Waals surface area (Å²) in [5.74, 6) is -0.253. The number of unbranched alkanes of at least 4 members (excludes halogenated alkanes) is 1. The first-order chi connectivity index (χ1) is 22.3. The quantitative estimate of drug-likeness (QED) is 0.0953. The SMILES string of the molecule is NCCCCc1ccc(CCC(NCCCN(CC2(CC3(CCO)CC3)CC2)CC2(C3(C4(CCO)CC4)CC3)CC2)C(N)=O)cc1. The van der Waals surface area contributed by atoms with Gasteiger partial charge in [0.15, 0.2) is 0 Å². The van der Waals surface area contributed by atoms with E-state index in [9.17, 15) is 15.0 Å². The zero-order chi connectivity index (χ0) is 32.3. The molecule has 1 aromatic rings. The fourth-order valence-electron chi connectivity index (χ4n) is 10.0. The molecule has 0 spiro atoms. The lowest BCUT2D eigenvalue weighted by Gasteiger charge is -2.40. The van der Waals surface area contributed by atoms with E-state index in [1.807, 2.05) is 0 Å². The largest absolute Gasteiger partial charge is 0.396 e. The highest BCUT2D eigenvalue weighted by Gasteiger charge is 2.76. The van der Waals surface area contributed by atoms with E-state index in [0.29, 0.717) is 40.3 Å². The molecule has 1 unspecified atom stereocenters. The molecule has 1 amide bonds. The predicted molar refractivity (Wildman–Crippen MR) is 185 cm³/mol. The summed E-state index contributed by atoms with van der Waals surface area (Å²) in [7, 11) is 0. The molecule has 5 fully saturated rings. The van der Waals surface area contributed by atoms with Crippen LogP contribution in [0.4, 0.5) is 0 Å². The third-order valence-corrected chi connectivity index (χ3v) is 13.5. The van der Waals surface area contributed by atoms with Gasteiger partial charge >= 0.3 is 0 Å². The summed E-state index contributed by atoms with van der Waals surface area (Å²) < 4.78 is 0. The third kappa shape index (κ3) is 7.86. The van der Waals surface area contributed by atoms with Crippen molar-refractivity contribution < 1.29 is 15.0 Å². The normalized spacial score (nSPS) is 24.0. The van der Waals surface area contributed by atoms with Crippen LogP contribution in [0.25, 0.3) is 0 Å². The van der Waals surface area contributed by atoms with Crippen molar-refractivity contribution in [1.29, 1.82) is 0 Å². The summed E-state index contributed by atoms with van der Waals surface area (Å²) in [5, 5.41) is 23.2. The molecule has 0 radical (unpaired) electrons. The van der Waals surface area contributed by atoms with E-state index in [2.05, 4.69) is 34.5 Å². The second-order valence-corrected chi connectivity index (χ2v) is 16.8. The molecule has 7 N–H and O–H groups in total. The molecular formula is C39H64N4O3. The Kier molecular flexibility index (Phi) is 10.6. The van der Waals surface area contributed by atoms with E-state index in [4.69, 9.17) is 11.5 Å². The molecule has 0 aromatic heterocycles. The number of hydrogen-bond acceptors (Lipinski definition) is 6. The molecule has 46 heavy (non-hydrogen) atoms. The number of carbonyl (C=O) groups excluding carboxylic acids is 1. The first kappa shape index (κ1) is 34.4. The van der Waals surface area contributed by atoms with Gasteiger partial charge in [0, 0.05) is 26.3 Å². The number of aliphatic hydroxyl groups is 2. The molecule has 5 saturated carbocycles. The van der Waals surface area contributed by atoms with Gasteiger partial charge in [-0.15, -0.1) is 0 Å². The van der Waals surface area contributed by atoms with Gasteiger partial charge in [0.05, 0.1) is 6.04 Å². The maximum absolute atomic E-state index is 12.4. The van der Waals surface area contributed by atoms with Gasteiger partial charge in [0.1, 0.15) is 0 Å². The number of aliphatic hydroxyl groups excluding tert-OH is 2. The Morgan fingerprint density at radius 3 is 1.93 bits per heavy atom. The second-order valence-electron chi connectivity index (χ2n) is 16.8. The van der Waals surface area contributed by atoms with Crippen LogP contribution in [0, 0.1) is 27.1 Å².